The fourth-order valence-electron chi connectivity index (χ4n) is 1.77. The number of nitrogens with zero attached hydrogens (tertiary/aromatic N) is 2. The summed E-state index contributed by atoms with van der Waals surface area (Å²) in [5, 5.41) is 0. The standard InChI is InChI=1S/C12H17N3O2S/c1-9-5-4-6-10-12(9)14-11(13-10)7-8-15(2)18(3,16)17/h4-6H,7-8H2,1-3H3,(H,13,14). The second-order valence-electron chi connectivity index (χ2n) is 4.49. The Morgan fingerprint density at radius 1 is 1.39 bits per heavy atom. The molecule has 0 aliphatic heterocycles. The SMILES string of the molecule is Cc1cccc2[nH]c(CCN(C)S(C)(=O)=O)nc12. The van der Waals surface area contributed by atoms with Gasteiger partial charge in [-0.25, -0.2) is 17.7 Å². The Kier molecular flexibility index (Phi) is 3.41. The summed E-state index contributed by atoms with van der Waals surface area (Å²) < 4.78 is 23.9. The third-order valence-corrected chi connectivity index (χ3v) is 4.31. The summed E-state index contributed by atoms with van der Waals surface area (Å²) in [4.78, 5) is 7.70. The third-order valence-electron chi connectivity index (χ3n) is 2.99. The summed E-state index contributed by atoms with van der Waals surface area (Å²) in [6.07, 6.45) is 1.79. The number of nitrogens with one attached hydrogen (secondary N) is 1. The van der Waals surface area contributed by atoms with Gasteiger partial charge in [-0.05, 0) is 18.6 Å². The lowest BCUT2D eigenvalue weighted by Crippen LogP contribution is -2.27. The molecule has 0 spiro atoms. The number of aromatic amines is 1. The predicted octanol–water partition coefficient (Wildman–Crippen LogP) is 1.31. The Labute approximate surface area is 107 Å². The smallest absolute Gasteiger partial charge is 0.210 e. The summed E-state index contributed by atoms with van der Waals surface area (Å²) in [5.41, 5.74) is 3.06. The Hall–Kier alpha value is -1.40. The highest BCUT2D eigenvalue weighted by atomic mass is 32.2. The molecule has 18 heavy (non-hydrogen) atoms. The summed E-state index contributed by atoms with van der Waals surface area (Å²) >= 11 is 0. The molecule has 0 aliphatic carbocycles. The lowest BCUT2D eigenvalue weighted by Gasteiger charge is -2.12. The van der Waals surface area contributed by atoms with E-state index in [4.69, 9.17) is 0 Å². The first-order valence-electron chi connectivity index (χ1n) is 5.73. The molecule has 1 aromatic heterocycles. The molecule has 0 saturated carbocycles. The van der Waals surface area contributed by atoms with Gasteiger partial charge in [0, 0.05) is 20.0 Å². The minimum Gasteiger partial charge on any atom is -0.342 e. The number of aryl methyl sites for hydroxylation is 1. The van der Waals surface area contributed by atoms with Gasteiger partial charge in [-0.1, -0.05) is 12.1 Å². The van der Waals surface area contributed by atoms with E-state index in [-0.39, 0.29) is 0 Å². The summed E-state index contributed by atoms with van der Waals surface area (Å²) in [6.45, 7) is 2.44. The van der Waals surface area contributed by atoms with E-state index in [1.165, 1.54) is 10.6 Å². The van der Waals surface area contributed by atoms with Crippen molar-refractivity contribution in [3.63, 3.8) is 0 Å². The van der Waals surface area contributed by atoms with Gasteiger partial charge in [0.25, 0.3) is 0 Å². The van der Waals surface area contributed by atoms with Crippen molar-refractivity contribution in [1.82, 2.24) is 14.3 Å². The average Bonchev–Trinajstić information content (AvgIpc) is 2.69. The quantitative estimate of drug-likeness (QED) is 0.908. The lowest BCUT2D eigenvalue weighted by molar-refractivity contribution is 0.475. The Morgan fingerprint density at radius 3 is 2.72 bits per heavy atom. The molecule has 0 saturated heterocycles. The highest BCUT2D eigenvalue weighted by molar-refractivity contribution is 7.88. The third kappa shape index (κ3) is 2.70. The number of H-pyrrole nitrogens is 1. The number of likely N-dealkylation sites (N-methyl/N-ethyl adjacent to an activating group) is 1. The minimum absolute atomic E-state index is 0.428. The fraction of sp³-hybridized carbons (Fsp3) is 0.417. The van der Waals surface area contributed by atoms with Crippen molar-refractivity contribution < 1.29 is 8.42 Å². The van der Waals surface area contributed by atoms with Crippen molar-refractivity contribution in [3.05, 3.63) is 29.6 Å². The lowest BCUT2D eigenvalue weighted by atomic mass is 10.2. The topological polar surface area (TPSA) is 66.1 Å². The highest BCUT2D eigenvalue weighted by Crippen LogP contribution is 2.15. The largest absolute Gasteiger partial charge is 0.342 e. The zero-order valence-electron chi connectivity index (χ0n) is 10.8. The van der Waals surface area contributed by atoms with Crippen LogP contribution >= 0.6 is 0 Å². The van der Waals surface area contributed by atoms with Crippen LogP contribution in [0, 0.1) is 6.92 Å². The van der Waals surface area contributed by atoms with Crippen molar-refractivity contribution >= 4 is 21.1 Å². The molecule has 2 aromatic rings. The molecule has 0 unspecified atom stereocenters. The molecule has 1 aromatic carbocycles. The maximum atomic E-state index is 11.3. The molecule has 0 fully saturated rings. The Balaban J connectivity index is 2.16. The molecule has 2 rings (SSSR count). The zero-order valence-corrected chi connectivity index (χ0v) is 11.6. The van der Waals surface area contributed by atoms with Gasteiger partial charge < -0.3 is 4.98 Å². The number of fused-ring (bicyclic) bond motifs is 1. The predicted molar refractivity (Wildman–Crippen MR) is 72.0 cm³/mol. The van der Waals surface area contributed by atoms with E-state index in [2.05, 4.69) is 9.97 Å². The molecule has 5 nitrogen and oxygen atoms in total. The maximum absolute atomic E-state index is 11.3. The molecular formula is C12H17N3O2S. The van der Waals surface area contributed by atoms with E-state index < -0.39 is 10.0 Å². The molecule has 0 atom stereocenters. The van der Waals surface area contributed by atoms with Gasteiger partial charge in [-0.3, -0.25) is 0 Å². The van der Waals surface area contributed by atoms with Gasteiger partial charge in [-0.2, -0.15) is 0 Å². The van der Waals surface area contributed by atoms with Crippen LogP contribution in [0.25, 0.3) is 11.0 Å². The number of benzene rings is 1. The van der Waals surface area contributed by atoms with Crippen LogP contribution in [0.4, 0.5) is 0 Å². The molecule has 1 N–H and O–H groups in total. The first kappa shape index (κ1) is 13.0. The molecule has 0 amide bonds. The van der Waals surface area contributed by atoms with Gasteiger partial charge in [0.15, 0.2) is 0 Å². The summed E-state index contributed by atoms with van der Waals surface area (Å²) in [7, 11) is -1.55. The van der Waals surface area contributed by atoms with Gasteiger partial charge in [0.1, 0.15) is 5.82 Å². The van der Waals surface area contributed by atoms with Gasteiger partial charge in [0.05, 0.1) is 17.3 Å². The summed E-state index contributed by atoms with van der Waals surface area (Å²) in [5.74, 6) is 0.815. The Bertz CT molecular complexity index is 661. The van der Waals surface area contributed by atoms with E-state index in [1.54, 1.807) is 7.05 Å². The molecular weight excluding hydrogens is 250 g/mol. The number of imidazole rings is 1. The number of hydrogen-bond acceptors (Lipinski definition) is 3. The number of rotatable bonds is 4. The van der Waals surface area contributed by atoms with Crippen molar-refractivity contribution in [2.45, 2.75) is 13.3 Å². The Morgan fingerprint density at radius 2 is 2.11 bits per heavy atom. The molecule has 1 heterocycles. The number of hydrogen-bond donors (Lipinski definition) is 1. The molecule has 6 heteroatoms. The molecule has 0 bridgehead atoms. The van der Waals surface area contributed by atoms with Gasteiger partial charge in [-0.15, -0.1) is 0 Å². The minimum atomic E-state index is -3.12. The first-order chi connectivity index (χ1) is 8.38. The van der Waals surface area contributed by atoms with Gasteiger partial charge >= 0.3 is 0 Å². The van der Waals surface area contributed by atoms with Crippen LogP contribution in [0.1, 0.15) is 11.4 Å². The molecule has 0 radical (unpaired) electrons. The van der Waals surface area contributed by atoms with Crippen LogP contribution in [-0.2, 0) is 16.4 Å². The second kappa shape index (κ2) is 4.70. The van der Waals surface area contributed by atoms with Crippen molar-refractivity contribution in [2.75, 3.05) is 19.8 Å². The van der Waals surface area contributed by atoms with Crippen LogP contribution in [0.15, 0.2) is 18.2 Å². The van der Waals surface area contributed by atoms with Gasteiger partial charge in [0.2, 0.25) is 10.0 Å². The van der Waals surface area contributed by atoms with Crippen LogP contribution in [-0.4, -0.2) is 42.5 Å². The maximum Gasteiger partial charge on any atom is 0.210 e. The van der Waals surface area contributed by atoms with E-state index in [9.17, 15) is 8.42 Å². The molecule has 98 valence electrons. The monoisotopic (exact) mass is 267 g/mol. The summed E-state index contributed by atoms with van der Waals surface area (Å²) in [6, 6.07) is 5.96. The van der Waals surface area contributed by atoms with Crippen molar-refractivity contribution in [2.24, 2.45) is 0 Å². The normalized spacial score (nSPS) is 12.4. The van der Waals surface area contributed by atoms with Crippen molar-refractivity contribution in [1.29, 1.82) is 0 Å². The highest BCUT2D eigenvalue weighted by Gasteiger charge is 2.12. The number of sulfonamides is 1. The van der Waals surface area contributed by atoms with Crippen LogP contribution in [0.2, 0.25) is 0 Å². The second-order valence-corrected chi connectivity index (χ2v) is 6.58. The number of aromatic nitrogens is 2. The molecule has 0 aliphatic rings. The van der Waals surface area contributed by atoms with E-state index in [1.807, 2.05) is 25.1 Å². The first-order valence-corrected chi connectivity index (χ1v) is 7.58. The van der Waals surface area contributed by atoms with Crippen LogP contribution in [0.5, 0.6) is 0 Å². The zero-order chi connectivity index (χ0) is 13.3. The van der Waals surface area contributed by atoms with E-state index in [0.717, 1.165) is 22.4 Å². The van der Waals surface area contributed by atoms with Crippen molar-refractivity contribution in [3.8, 4) is 0 Å². The van der Waals surface area contributed by atoms with E-state index >= 15 is 0 Å². The number of para-hydroxylation sites is 1. The van der Waals surface area contributed by atoms with Crippen LogP contribution in [0.3, 0.4) is 0 Å². The van der Waals surface area contributed by atoms with E-state index in [0.29, 0.717) is 13.0 Å². The average molecular weight is 267 g/mol. The van der Waals surface area contributed by atoms with Crippen LogP contribution < -0.4 is 0 Å². The fourth-order valence-corrected chi connectivity index (χ4v) is 2.20.